The molecule has 0 bridgehead atoms. The molecule has 0 aliphatic rings. The Morgan fingerprint density at radius 1 is 0.342 bits per heavy atom. The van der Waals surface area contributed by atoms with Crippen molar-refractivity contribution in [1.82, 2.24) is 5.32 Å². The Morgan fingerprint density at radius 2 is 0.595 bits per heavy atom. The second-order valence-corrected chi connectivity index (χ2v) is 25.3. The minimum absolute atomic E-state index is 0.0188. The van der Waals surface area contributed by atoms with Gasteiger partial charge in [-0.3, -0.25) is 9.59 Å². The summed E-state index contributed by atoms with van der Waals surface area (Å²) in [6.07, 6.45) is 85.7. The Kier molecular flexibility index (Phi) is 67.9. The van der Waals surface area contributed by atoms with Crippen molar-refractivity contribution in [2.45, 2.75) is 431 Å². The highest BCUT2D eigenvalue weighted by Gasteiger charge is 2.20. The van der Waals surface area contributed by atoms with Gasteiger partial charge in [-0.25, -0.2) is 0 Å². The van der Waals surface area contributed by atoms with Crippen LogP contribution >= 0.6 is 0 Å². The maximum Gasteiger partial charge on any atom is 0.305 e. The first-order chi connectivity index (χ1) is 39.0. The van der Waals surface area contributed by atoms with E-state index in [1.54, 1.807) is 0 Å². The van der Waals surface area contributed by atoms with Gasteiger partial charge >= 0.3 is 5.97 Å². The third-order valence-electron chi connectivity index (χ3n) is 17.3. The van der Waals surface area contributed by atoms with Crippen molar-refractivity contribution in [2.75, 3.05) is 13.2 Å². The zero-order valence-electron chi connectivity index (χ0n) is 53.9. The second kappa shape index (κ2) is 69.1. The summed E-state index contributed by atoms with van der Waals surface area (Å²) >= 11 is 0. The van der Waals surface area contributed by atoms with Crippen LogP contribution in [-0.4, -0.2) is 47.4 Å². The molecular formula is C73H143NO5. The molecule has 79 heavy (non-hydrogen) atoms. The monoisotopic (exact) mass is 1110 g/mol. The van der Waals surface area contributed by atoms with Crippen molar-refractivity contribution in [3.63, 3.8) is 0 Å². The number of nitrogens with one attached hydrogen (secondary N) is 1. The van der Waals surface area contributed by atoms with E-state index >= 15 is 0 Å². The number of unbranched alkanes of at least 4 members (excludes halogenated alkanes) is 56. The zero-order valence-corrected chi connectivity index (χ0v) is 53.9. The quantitative estimate of drug-likeness (QED) is 0.0320. The van der Waals surface area contributed by atoms with Gasteiger partial charge < -0.3 is 20.3 Å². The summed E-state index contributed by atoms with van der Waals surface area (Å²) in [6, 6.07) is -0.536. The van der Waals surface area contributed by atoms with Crippen molar-refractivity contribution < 1.29 is 24.5 Å². The minimum Gasteiger partial charge on any atom is -0.466 e. The molecule has 2 unspecified atom stereocenters. The summed E-state index contributed by atoms with van der Waals surface area (Å²) in [4.78, 5) is 24.6. The SMILES string of the molecule is CCCCCCCC/C=C\CCCCCCCCCC(=O)OCCCCCCCCCCCCCCCCCCCCCCCCCCCCCCCCCCC(=O)NC(CO)C(O)CCCCCCCCCCCCCCC. The van der Waals surface area contributed by atoms with Gasteiger partial charge in [0, 0.05) is 12.8 Å². The molecule has 470 valence electrons. The van der Waals surface area contributed by atoms with E-state index in [2.05, 4.69) is 31.3 Å². The number of hydrogen-bond donors (Lipinski definition) is 3. The number of carbonyl (C=O) groups is 2. The lowest BCUT2D eigenvalue weighted by atomic mass is 10.0. The van der Waals surface area contributed by atoms with E-state index in [-0.39, 0.29) is 18.5 Å². The molecule has 0 radical (unpaired) electrons. The molecule has 6 nitrogen and oxygen atoms in total. The van der Waals surface area contributed by atoms with Crippen LogP contribution in [0, 0.1) is 0 Å². The van der Waals surface area contributed by atoms with Gasteiger partial charge in [0.25, 0.3) is 0 Å². The van der Waals surface area contributed by atoms with Crippen LogP contribution in [0.3, 0.4) is 0 Å². The van der Waals surface area contributed by atoms with E-state index in [1.807, 2.05) is 0 Å². The maximum absolute atomic E-state index is 12.5. The third kappa shape index (κ3) is 65.6. The highest BCUT2D eigenvalue weighted by Crippen LogP contribution is 2.19. The van der Waals surface area contributed by atoms with Crippen molar-refractivity contribution in [2.24, 2.45) is 0 Å². The molecule has 6 heteroatoms. The fourth-order valence-electron chi connectivity index (χ4n) is 11.8. The molecule has 0 saturated carbocycles. The maximum atomic E-state index is 12.5. The second-order valence-electron chi connectivity index (χ2n) is 25.3. The van der Waals surface area contributed by atoms with Crippen molar-refractivity contribution in [3.8, 4) is 0 Å². The molecule has 2 atom stereocenters. The average molecular weight is 1110 g/mol. The predicted octanol–water partition coefficient (Wildman–Crippen LogP) is 23.5. The van der Waals surface area contributed by atoms with Gasteiger partial charge in [0.1, 0.15) is 0 Å². The summed E-state index contributed by atoms with van der Waals surface area (Å²) in [5.41, 5.74) is 0. The van der Waals surface area contributed by atoms with Gasteiger partial charge in [-0.05, 0) is 51.4 Å². The lowest BCUT2D eigenvalue weighted by Crippen LogP contribution is -2.45. The molecule has 0 fully saturated rings. The Hall–Kier alpha value is -1.40. The molecule has 0 rings (SSSR count). The topological polar surface area (TPSA) is 95.9 Å². The first-order valence-corrected chi connectivity index (χ1v) is 36.4. The van der Waals surface area contributed by atoms with Crippen LogP contribution in [0.15, 0.2) is 12.2 Å². The van der Waals surface area contributed by atoms with Crippen LogP contribution in [0.1, 0.15) is 418 Å². The fourth-order valence-corrected chi connectivity index (χ4v) is 11.8. The lowest BCUT2D eigenvalue weighted by Gasteiger charge is -2.22. The van der Waals surface area contributed by atoms with Gasteiger partial charge in [-0.15, -0.1) is 0 Å². The molecule has 0 aromatic heterocycles. The number of amides is 1. The number of carbonyl (C=O) groups excluding carboxylic acids is 2. The van der Waals surface area contributed by atoms with Gasteiger partial charge in [-0.1, -0.05) is 366 Å². The van der Waals surface area contributed by atoms with Gasteiger partial charge in [0.2, 0.25) is 5.91 Å². The van der Waals surface area contributed by atoms with Crippen LogP contribution in [0.4, 0.5) is 0 Å². The van der Waals surface area contributed by atoms with E-state index < -0.39 is 12.1 Å². The van der Waals surface area contributed by atoms with Gasteiger partial charge in [-0.2, -0.15) is 0 Å². The van der Waals surface area contributed by atoms with Gasteiger partial charge in [0.15, 0.2) is 0 Å². The lowest BCUT2D eigenvalue weighted by molar-refractivity contribution is -0.143. The van der Waals surface area contributed by atoms with Crippen molar-refractivity contribution in [1.29, 1.82) is 0 Å². The van der Waals surface area contributed by atoms with E-state index in [4.69, 9.17) is 4.74 Å². The predicted molar refractivity (Wildman–Crippen MR) is 347 cm³/mol. The number of ether oxygens (including phenoxy) is 1. The largest absolute Gasteiger partial charge is 0.466 e. The molecule has 1 amide bonds. The molecule has 0 heterocycles. The first kappa shape index (κ1) is 77.6. The highest BCUT2D eigenvalue weighted by molar-refractivity contribution is 5.76. The molecule has 0 aromatic carbocycles. The number of rotatable bonds is 69. The number of aliphatic hydroxyl groups is 2. The molecular weight excluding hydrogens is 971 g/mol. The van der Waals surface area contributed by atoms with Crippen LogP contribution < -0.4 is 5.32 Å². The van der Waals surface area contributed by atoms with Crippen LogP contribution in [0.2, 0.25) is 0 Å². The van der Waals surface area contributed by atoms with Crippen molar-refractivity contribution in [3.05, 3.63) is 12.2 Å². The molecule has 0 spiro atoms. The van der Waals surface area contributed by atoms with E-state index in [0.717, 1.165) is 38.5 Å². The Morgan fingerprint density at radius 3 is 0.899 bits per heavy atom. The Balaban J connectivity index is 3.29. The van der Waals surface area contributed by atoms with Crippen LogP contribution in [-0.2, 0) is 14.3 Å². The average Bonchev–Trinajstić information content (AvgIpc) is 3.45. The van der Waals surface area contributed by atoms with E-state index in [0.29, 0.717) is 25.9 Å². The standard InChI is InChI=1S/C73H143NO5/c1-3-5-7-9-11-13-15-17-18-35-39-43-47-51-55-59-63-67-73(78)79-68-64-60-56-52-48-44-40-37-34-32-30-28-26-24-22-20-19-21-23-25-27-29-31-33-36-38-42-46-50-54-58-62-66-72(77)74-70(69-75)71(76)65-61-57-53-49-45-41-16-14-12-10-8-6-4-2/h17-18,70-71,75-76H,3-16,19-69H2,1-2H3,(H,74,77)/b18-17-. The molecule has 0 saturated heterocycles. The first-order valence-electron chi connectivity index (χ1n) is 36.4. The fraction of sp³-hybridized carbons (Fsp3) is 0.945. The zero-order chi connectivity index (χ0) is 57.1. The molecule has 0 aromatic rings. The Labute approximate surface area is 495 Å². The smallest absolute Gasteiger partial charge is 0.305 e. The third-order valence-corrected chi connectivity index (χ3v) is 17.3. The number of hydrogen-bond acceptors (Lipinski definition) is 5. The summed E-state index contributed by atoms with van der Waals surface area (Å²) in [5.74, 6) is -0.00903. The van der Waals surface area contributed by atoms with Crippen molar-refractivity contribution >= 4 is 11.9 Å². The number of allylic oxidation sites excluding steroid dienone is 2. The number of esters is 1. The van der Waals surface area contributed by atoms with E-state index in [1.165, 1.54) is 347 Å². The molecule has 0 aliphatic heterocycles. The highest BCUT2D eigenvalue weighted by atomic mass is 16.5. The summed E-state index contributed by atoms with van der Waals surface area (Å²) in [5, 5.41) is 23.3. The van der Waals surface area contributed by atoms with Gasteiger partial charge in [0.05, 0.1) is 25.4 Å². The summed E-state index contributed by atoms with van der Waals surface area (Å²) < 4.78 is 5.51. The Bertz CT molecular complexity index is 1190. The summed E-state index contributed by atoms with van der Waals surface area (Å²) in [7, 11) is 0. The number of aliphatic hydroxyl groups excluding tert-OH is 2. The van der Waals surface area contributed by atoms with Crippen LogP contribution in [0.5, 0.6) is 0 Å². The molecule has 0 aliphatic carbocycles. The summed E-state index contributed by atoms with van der Waals surface area (Å²) in [6.45, 7) is 4.99. The normalized spacial score (nSPS) is 12.5. The van der Waals surface area contributed by atoms with Crippen LogP contribution in [0.25, 0.3) is 0 Å². The molecule has 3 N–H and O–H groups in total. The minimum atomic E-state index is -0.659. The van der Waals surface area contributed by atoms with E-state index in [9.17, 15) is 19.8 Å².